The van der Waals surface area contributed by atoms with Crippen LogP contribution in [0, 0.1) is 6.92 Å². The predicted molar refractivity (Wildman–Crippen MR) is 151 cm³/mol. The zero-order valence-corrected chi connectivity index (χ0v) is 23.7. The lowest BCUT2D eigenvalue weighted by atomic mass is 10.0. The first-order chi connectivity index (χ1) is 19.0. The molecule has 0 aromatic heterocycles. The van der Waals surface area contributed by atoms with Crippen LogP contribution in [-0.2, 0) is 27.4 Å². The van der Waals surface area contributed by atoms with Crippen molar-refractivity contribution in [2.24, 2.45) is 0 Å². The number of benzene rings is 2. The average molecular weight is 547 g/mol. The number of carbonyl (C=O) groups excluding carboxylic acids is 4. The molecule has 2 aromatic carbocycles. The van der Waals surface area contributed by atoms with E-state index in [0.29, 0.717) is 18.3 Å². The van der Waals surface area contributed by atoms with E-state index in [1.807, 2.05) is 0 Å². The quantitative estimate of drug-likeness (QED) is 0.509. The van der Waals surface area contributed by atoms with Crippen LogP contribution in [0.15, 0.2) is 36.4 Å². The molecule has 3 aliphatic rings. The van der Waals surface area contributed by atoms with Crippen molar-refractivity contribution in [3.63, 3.8) is 0 Å². The Hall–Kier alpha value is -3.56. The summed E-state index contributed by atoms with van der Waals surface area (Å²) in [5, 5.41) is 5.56. The molecule has 3 aliphatic heterocycles. The summed E-state index contributed by atoms with van der Waals surface area (Å²) in [6.45, 7) is 11.9. The van der Waals surface area contributed by atoms with E-state index in [0.717, 1.165) is 42.9 Å². The molecule has 2 saturated heterocycles. The SMILES string of the molecule is Cc1cc(CNc2cccc3c2C(=O)N(C2CCC(=O)NC2=O)C3=O)ccc1CN1CCC(OC(C)(C)C)CC1. The smallest absolute Gasteiger partial charge is 0.264 e. The van der Waals surface area contributed by atoms with Gasteiger partial charge in [0.25, 0.3) is 11.8 Å². The van der Waals surface area contributed by atoms with Gasteiger partial charge in [0.1, 0.15) is 6.04 Å². The maximum Gasteiger partial charge on any atom is 0.264 e. The number of fused-ring (bicyclic) bond motifs is 1. The van der Waals surface area contributed by atoms with E-state index in [9.17, 15) is 19.2 Å². The molecule has 0 aliphatic carbocycles. The number of nitrogens with zero attached hydrogens (tertiary/aromatic N) is 2. The number of nitrogens with one attached hydrogen (secondary N) is 2. The van der Waals surface area contributed by atoms with Gasteiger partial charge in [0.2, 0.25) is 11.8 Å². The lowest BCUT2D eigenvalue weighted by Gasteiger charge is -2.35. The highest BCUT2D eigenvalue weighted by Crippen LogP contribution is 2.33. The topological polar surface area (TPSA) is 108 Å². The van der Waals surface area contributed by atoms with Gasteiger partial charge in [-0.3, -0.25) is 34.3 Å². The lowest BCUT2D eigenvalue weighted by molar-refractivity contribution is -0.136. The molecule has 9 heteroatoms. The zero-order valence-electron chi connectivity index (χ0n) is 23.7. The van der Waals surface area contributed by atoms with Crippen LogP contribution in [0.25, 0.3) is 0 Å². The minimum Gasteiger partial charge on any atom is -0.380 e. The molecule has 40 heavy (non-hydrogen) atoms. The van der Waals surface area contributed by atoms with E-state index >= 15 is 0 Å². The largest absolute Gasteiger partial charge is 0.380 e. The van der Waals surface area contributed by atoms with Gasteiger partial charge in [-0.05, 0) is 75.8 Å². The standard InChI is InChI=1S/C31H38N4O5/c1-19-16-20(8-9-21(19)18-34-14-12-22(13-15-34)40-31(2,3)4)17-32-24-7-5-6-23-27(24)30(39)35(29(23)38)25-10-11-26(36)33-28(25)37/h5-9,16,22,25,32H,10-15,17-18H2,1-4H3,(H,33,36,37). The van der Waals surface area contributed by atoms with Gasteiger partial charge in [-0.2, -0.15) is 0 Å². The van der Waals surface area contributed by atoms with E-state index in [2.05, 4.69) is 61.4 Å². The minimum atomic E-state index is -0.982. The van der Waals surface area contributed by atoms with E-state index < -0.39 is 29.7 Å². The Morgan fingerprint density at radius 3 is 2.42 bits per heavy atom. The number of anilines is 1. The molecule has 9 nitrogen and oxygen atoms in total. The number of piperidine rings is 2. The van der Waals surface area contributed by atoms with Crippen LogP contribution in [0.4, 0.5) is 5.69 Å². The normalized spacial score (nSPS) is 20.6. The Bertz CT molecular complexity index is 1340. The highest BCUT2D eigenvalue weighted by Gasteiger charge is 2.45. The number of likely N-dealkylation sites (tertiary alicyclic amines) is 1. The van der Waals surface area contributed by atoms with Crippen molar-refractivity contribution >= 4 is 29.3 Å². The summed E-state index contributed by atoms with van der Waals surface area (Å²) in [4.78, 5) is 53.8. The molecule has 0 radical (unpaired) electrons. The Kier molecular flexibility index (Phi) is 7.79. The second kappa shape index (κ2) is 11.1. The summed E-state index contributed by atoms with van der Waals surface area (Å²) in [5.74, 6) is -2.02. The van der Waals surface area contributed by atoms with Crippen LogP contribution < -0.4 is 10.6 Å². The number of imide groups is 2. The van der Waals surface area contributed by atoms with Crippen LogP contribution >= 0.6 is 0 Å². The van der Waals surface area contributed by atoms with Gasteiger partial charge in [0.05, 0.1) is 22.8 Å². The molecular formula is C31H38N4O5. The number of amides is 4. The van der Waals surface area contributed by atoms with Crippen LogP contribution in [-0.4, -0.2) is 64.3 Å². The molecule has 212 valence electrons. The lowest BCUT2D eigenvalue weighted by Crippen LogP contribution is -2.54. The molecule has 0 saturated carbocycles. The fraction of sp³-hybridized carbons (Fsp3) is 0.484. The fourth-order valence-corrected chi connectivity index (χ4v) is 5.83. The molecule has 5 rings (SSSR count). The summed E-state index contributed by atoms with van der Waals surface area (Å²) < 4.78 is 6.16. The first-order valence-corrected chi connectivity index (χ1v) is 14.1. The van der Waals surface area contributed by atoms with Crippen LogP contribution in [0.3, 0.4) is 0 Å². The molecule has 1 atom stereocenters. The van der Waals surface area contributed by atoms with Gasteiger partial charge < -0.3 is 10.1 Å². The zero-order chi connectivity index (χ0) is 28.6. The summed E-state index contributed by atoms with van der Waals surface area (Å²) in [6.07, 6.45) is 2.63. The Labute approximate surface area is 235 Å². The van der Waals surface area contributed by atoms with Gasteiger partial charge in [-0.1, -0.05) is 24.3 Å². The Morgan fingerprint density at radius 2 is 1.75 bits per heavy atom. The third-order valence-corrected chi connectivity index (χ3v) is 7.81. The highest BCUT2D eigenvalue weighted by molar-refractivity contribution is 6.25. The van der Waals surface area contributed by atoms with Gasteiger partial charge in [-0.15, -0.1) is 0 Å². The maximum atomic E-state index is 13.3. The monoisotopic (exact) mass is 546 g/mol. The summed E-state index contributed by atoms with van der Waals surface area (Å²) >= 11 is 0. The van der Waals surface area contributed by atoms with Crippen molar-refractivity contribution in [2.75, 3.05) is 18.4 Å². The second-order valence-electron chi connectivity index (χ2n) is 12.0. The average Bonchev–Trinajstić information content (AvgIpc) is 3.15. The maximum absolute atomic E-state index is 13.3. The molecule has 3 heterocycles. The molecule has 2 N–H and O–H groups in total. The van der Waals surface area contributed by atoms with Gasteiger partial charge >= 0.3 is 0 Å². The predicted octanol–water partition coefficient (Wildman–Crippen LogP) is 3.79. The number of aryl methyl sites for hydroxylation is 1. The van der Waals surface area contributed by atoms with Crippen molar-refractivity contribution in [2.45, 2.75) is 84.2 Å². The Balaban J connectivity index is 1.21. The van der Waals surface area contributed by atoms with Gasteiger partial charge in [0, 0.05) is 38.3 Å². The number of rotatable bonds is 7. The summed E-state index contributed by atoms with van der Waals surface area (Å²) in [6, 6.07) is 10.5. The van der Waals surface area contributed by atoms with E-state index in [1.165, 1.54) is 11.1 Å². The second-order valence-corrected chi connectivity index (χ2v) is 12.0. The molecule has 2 fully saturated rings. The molecule has 1 unspecified atom stereocenters. The number of ether oxygens (including phenoxy) is 1. The molecular weight excluding hydrogens is 508 g/mol. The molecule has 0 bridgehead atoms. The molecule has 4 amide bonds. The minimum absolute atomic E-state index is 0.0914. The molecule has 2 aromatic rings. The van der Waals surface area contributed by atoms with Crippen LogP contribution in [0.1, 0.15) is 83.9 Å². The third kappa shape index (κ3) is 5.95. The molecule has 0 spiro atoms. The van der Waals surface area contributed by atoms with Gasteiger partial charge in [-0.25, -0.2) is 0 Å². The first kappa shape index (κ1) is 28.0. The van der Waals surface area contributed by atoms with Crippen LogP contribution in [0.2, 0.25) is 0 Å². The summed E-state index contributed by atoms with van der Waals surface area (Å²) in [7, 11) is 0. The number of hydrogen-bond donors (Lipinski definition) is 2. The van der Waals surface area contributed by atoms with E-state index in [-0.39, 0.29) is 29.6 Å². The first-order valence-electron chi connectivity index (χ1n) is 14.1. The Morgan fingerprint density at radius 1 is 1.00 bits per heavy atom. The number of carbonyl (C=O) groups is 4. The van der Waals surface area contributed by atoms with Crippen LogP contribution in [0.5, 0.6) is 0 Å². The number of hydrogen-bond acceptors (Lipinski definition) is 7. The third-order valence-electron chi connectivity index (χ3n) is 7.81. The van der Waals surface area contributed by atoms with Crippen molar-refractivity contribution in [1.82, 2.24) is 15.1 Å². The van der Waals surface area contributed by atoms with Crippen molar-refractivity contribution in [3.05, 3.63) is 64.2 Å². The van der Waals surface area contributed by atoms with E-state index in [1.54, 1.807) is 18.2 Å². The van der Waals surface area contributed by atoms with Crippen molar-refractivity contribution < 1.29 is 23.9 Å². The fourth-order valence-electron chi connectivity index (χ4n) is 5.83. The van der Waals surface area contributed by atoms with Crippen molar-refractivity contribution in [3.8, 4) is 0 Å². The van der Waals surface area contributed by atoms with Crippen molar-refractivity contribution in [1.29, 1.82) is 0 Å². The summed E-state index contributed by atoms with van der Waals surface area (Å²) in [5.41, 5.74) is 4.54. The van der Waals surface area contributed by atoms with E-state index in [4.69, 9.17) is 4.74 Å². The van der Waals surface area contributed by atoms with Gasteiger partial charge in [0.15, 0.2) is 0 Å². The highest BCUT2D eigenvalue weighted by atomic mass is 16.5.